The molecule has 1 atom stereocenters. The standard InChI is InChI=1S/C18H17NO/c19-18(15-7-2-1-3-8-15)13-20-17-11-10-14-6-4-5-9-16(14)12-17/h1-12,18H,13,19H2. The van der Waals surface area contributed by atoms with E-state index in [0.29, 0.717) is 6.61 Å². The van der Waals surface area contributed by atoms with Crippen LogP contribution in [0.3, 0.4) is 0 Å². The Kier molecular flexibility index (Phi) is 3.66. The van der Waals surface area contributed by atoms with Crippen molar-refractivity contribution in [3.63, 3.8) is 0 Å². The van der Waals surface area contributed by atoms with Gasteiger partial charge in [-0.25, -0.2) is 0 Å². The van der Waals surface area contributed by atoms with Gasteiger partial charge in [0.25, 0.3) is 0 Å². The highest BCUT2D eigenvalue weighted by Crippen LogP contribution is 2.21. The van der Waals surface area contributed by atoms with E-state index in [1.807, 2.05) is 54.6 Å². The van der Waals surface area contributed by atoms with Crippen LogP contribution in [0.5, 0.6) is 5.75 Å². The Hall–Kier alpha value is -2.32. The van der Waals surface area contributed by atoms with Gasteiger partial charge in [0, 0.05) is 0 Å². The number of fused-ring (bicyclic) bond motifs is 1. The minimum atomic E-state index is -0.109. The fourth-order valence-corrected chi connectivity index (χ4v) is 2.24. The van der Waals surface area contributed by atoms with Gasteiger partial charge in [-0.05, 0) is 28.5 Å². The Bertz CT molecular complexity index is 694. The summed E-state index contributed by atoms with van der Waals surface area (Å²) in [7, 11) is 0. The van der Waals surface area contributed by atoms with Gasteiger partial charge in [0.15, 0.2) is 0 Å². The molecule has 0 aliphatic carbocycles. The van der Waals surface area contributed by atoms with Crippen molar-refractivity contribution < 1.29 is 4.74 Å². The number of nitrogens with two attached hydrogens (primary N) is 1. The highest BCUT2D eigenvalue weighted by atomic mass is 16.5. The maximum atomic E-state index is 6.13. The van der Waals surface area contributed by atoms with Gasteiger partial charge in [-0.3, -0.25) is 0 Å². The van der Waals surface area contributed by atoms with E-state index in [1.165, 1.54) is 10.8 Å². The van der Waals surface area contributed by atoms with E-state index in [4.69, 9.17) is 10.5 Å². The second-order valence-electron chi connectivity index (χ2n) is 4.84. The Labute approximate surface area is 118 Å². The molecule has 0 aromatic heterocycles. The van der Waals surface area contributed by atoms with Crippen LogP contribution in [0, 0.1) is 0 Å². The number of hydrogen-bond donors (Lipinski definition) is 1. The molecular formula is C18H17NO. The largest absolute Gasteiger partial charge is 0.492 e. The van der Waals surface area contributed by atoms with Gasteiger partial charge in [-0.15, -0.1) is 0 Å². The molecule has 0 amide bonds. The summed E-state index contributed by atoms with van der Waals surface area (Å²) in [5.74, 6) is 0.857. The second-order valence-corrected chi connectivity index (χ2v) is 4.84. The number of hydrogen-bond acceptors (Lipinski definition) is 2. The van der Waals surface area contributed by atoms with Crippen molar-refractivity contribution in [1.82, 2.24) is 0 Å². The average molecular weight is 263 g/mol. The molecule has 2 heteroatoms. The van der Waals surface area contributed by atoms with Crippen molar-refractivity contribution in [2.45, 2.75) is 6.04 Å². The fraction of sp³-hybridized carbons (Fsp3) is 0.111. The van der Waals surface area contributed by atoms with Crippen LogP contribution in [0.4, 0.5) is 0 Å². The van der Waals surface area contributed by atoms with Crippen LogP contribution in [0.2, 0.25) is 0 Å². The zero-order valence-electron chi connectivity index (χ0n) is 11.2. The maximum Gasteiger partial charge on any atom is 0.120 e. The van der Waals surface area contributed by atoms with Crippen LogP contribution in [-0.4, -0.2) is 6.61 Å². The number of benzene rings is 3. The van der Waals surface area contributed by atoms with E-state index in [1.54, 1.807) is 0 Å². The van der Waals surface area contributed by atoms with Crippen LogP contribution < -0.4 is 10.5 Å². The zero-order chi connectivity index (χ0) is 13.8. The van der Waals surface area contributed by atoms with Gasteiger partial charge >= 0.3 is 0 Å². The van der Waals surface area contributed by atoms with Gasteiger partial charge in [-0.2, -0.15) is 0 Å². The monoisotopic (exact) mass is 263 g/mol. The van der Waals surface area contributed by atoms with E-state index in [0.717, 1.165) is 11.3 Å². The van der Waals surface area contributed by atoms with E-state index in [2.05, 4.69) is 18.2 Å². The van der Waals surface area contributed by atoms with Crippen molar-refractivity contribution in [1.29, 1.82) is 0 Å². The molecule has 20 heavy (non-hydrogen) atoms. The predicted molar refractivity (Wildman–Crippen MR) is 82.8 cm³/mol. The van der Waals surface area contributed by atoms with Crippen molar-refractivity contribution >= 4 is 10.8 Å². The Morgan fingerprint density at radius 2 is 1.50 bits per heavy atom. The molecule has 0 aliphatic heterocycles. The summed E-state index contributed by atoms with van der Waals surface area (Å²) in [6.45, 7) is 0.475. The lowest BCUT2D eigenvalue weighted by Gasteiger charge is -2.14. The smallest absolute Gasteiger partial charge is 0.120 e. The molecule has 1 unspecified atom stereocenters. The van der Waals surface area contributed by atoms with Gasteiger partial charge < -0.3 is 10.5 Å². The number of rotatable bonds is 4. The first kappa shape index (κ1) is 12.7. The number of ether oxygens (including phenoxy) is 1. The fourth-order valence-electron chi connectivity index (χ4n) is 2.24. The van der Waals surface area contributed by atoms with E-state index in [9.17, 15) is 0 Å². The van der Waals surface area contributed by atoms with Crippen molar-refractivity contribution in [3.05, 3.63) is 78.4 Å². The summed E-state index contributed by atoms with van der Waals surface area (Å²) >= 11 is 0. The lowest BCUT2D eigenvalue weighted by atomic mass is 10.1. The molecule has 0 heterocycles. The van der Waals surface area contributed by atoms with Crippen molar-refractivity contribution in [2.24, 2.45) is 5.73 Å². The normalized spacial score (nSPS) is 12.2. The van der Waals surface area contributed by atoms with E-state index >= 15 is 0 Å². The molecule has 100 valence electrons. The molecule has 0 fully saturated rings. The topological polar surface area (TPSA) is 35.2 Å². The summed E-state index contributed by atoms with van der Waals surface area (Å²) in [6.07, 6.45) is 0. The van der Waals surface area contributed by atoms with Gasteiger partial charge in [-0.1, -0.05) is 60.7 Å². The third-order valence-electron chi connectivity index (χ3n) is 3.38. The van der Waals surface area contributed by atoms with Crippen molar-refractivity contribution in [3.8, 4) is 5.75 Å². The lowest BCUT2D eigenvalue weighted by molar-refractivity contribution is 0.291. The molecule has 3 aromatic rings. The first-order valence-corrected chi connectivity index (χ1v) is 6.75. The van der Waals surface area contributed by atoms with Gasteiger partial charge in [0.2, 0.25) is 0 Å². The second kappa shape index (κ2) is 5.76. The van der Waals surface area contributed by atoms with Crippen LogP contribution in [0.25, 0.3) is 10.8 Å². The molecular weight excluding hydrogens is 246 g/mol. The highest BCUT2D eigenvalue weighted by molar-refractivity contribution is 5.83. The maximum absolute atomic E-state index is 6.13. The average Bonchev–Trinajstić information content (AvgIpc) is 2.53. The van der Waals surface area contributed by atoms with Gasteiger partial charge in [0.1, 0.15) is 12.4 Å². The molecule has 0 saturated carbocycles. The van der Waals surface area contributed by atoms with Crippen molar-refractivity contribution in [2.75, 3.05) is 6.61 Å². The summed E-state index contributed by atoms with van der Waals surface area (Å²) in [5, 5.41) is 2.39. The zero-order valence-corrected chi connectivity index (χ0v) is 11.2. The lowest BCUT2D eigenvalue weighted by Crippen LogP contribution is -2.18. The van der Waals surface area contributed by atoms with Crippen LogP contribution in [0.1, 0.15) is 11.6 Å². The molecule has 0 bridgehead atoms. The molecule has 0 radical (unpaired) electrons. The van der Waals surface area contributed by atoms with E-state index < -0.39 is 0 Å². The molecule has 3 aromatic carbocycles. The summed E-state index contributed by atoms with van der Waals surface area (Å²) in [6, 6.07) is 24.2. The Morgan fingerprint density at radius 3 is 2.30 bits per heavy atom. The summed E-state index contributed by atoms with van der Waals surface area (Å²) in [4.78, 5) is 0. The third-order valence-corrected chi connectivity index (χ3v) is 3.38. The highest BCUT2D eigenvalue weighted by Gasteiger charge is 2.06. The molecule has 2 N–H and O–H groups in total. The molecule has 2 nitrogen and oxygen atoms in total. The van der Waals surface area contributed by atoms with Crippen LogP contribution in [0.15, 0.2) is 72.8 Å². The minimum absolute atomic E-state index is 0.109. The molecule has 0 saturated heterocycles. The quantitative estimate of drug-likeness (QED) is 0.774. The Morgan fingerprint density at radius 1 is 0.800 bits per heavy atom. The molecule has 0 spiro atoms. The SMILES string of the molecule is NC(COc1ccc2ccccc2c1)c1ccccc1. The summed E-state index contributed by atoms with van der Waals surface area (Å²) < 4.78 is 5.81. The summed E-state index contributed by atoms with van der Waals surface area (Å²) in [5.41, 5.74) is 7.22. The van der Waals surface area contributed by atoms with E-state index in [-0.39, 0.29) is 6.04 Å². The van der Waals surface area contributed by atoms with Crippen LogP contribution >= 0.6 is 0 Å². The van der Waals surface area contributed by atoms with Gasteiger partial charge in [0.05, 0.1) is 6.04 Å². The Balaban J connectivity index is 1.70. The molecule has 3 rings (SSSR count). The third kappa shape index (κ3) is 2.81. The van der Waals surface area contributed by atoms with Crippen LogP contribution in [-0.2, 0) is 0 Å². The first-order valence-electron chi connectivity index (χ1n) is 6.75. The minimum Gasteiger partial charge on any atom is -0.492 e. The molecule has 0 aliphatic rings. The first-order chi connectivity index (χ1) is 9.83. The predicted octanol–water partition coefficient (Wildman–Crippen LogP) is 3.92.